The summed E-state index contributed by atoms with van der Waals surface area (Å²) in [6.07, 6.45) is 6.90. The van der Waals surface area contributed by atoms with Crippen molar-refractivity contribution in [2.75, 3.05) is 0 Å². The van der Waals surface area contributed by atoms with E-state index in [1.807, 2.05) is 104 Å². The van der Waals surface area contributed by atoms with Crippen LogP contribution in [-0.2, 0) is 9.47 Å². The van der Waals surface area contributed by atoms with Crippen LogP contribution in [0.15, 0.2) is 133 Å². The fourth-order valence-electron chi connectivity index (χ4n) is 6.51. The normalized spacial score (nSPS) is 21.4. The Labute approximate surface area is 244 Å². The van der Waals surface area contributed by atoms with Gasteiger partial charge in [0.1, 0.15) is 12.2 Å². The maximum atomic E-state index is 13.8. The van der Waals surface area contributed by atoms with E-state index < -0.39 is 24.1 Å². The van der Waals surface area contributed by atoms with E-state index in [-0.39, 0.29) is 17.8 Å². The predicted molar refractivity (Wildman–Crippen MR) is 166 cm³/mol. The van der Waals surface area contributed by atoms with Crippen LogP contribution in [0.2, 0.25) is 0 Å². The number of rotatable bonds is 5. The third-order valence-corrected chi connectivity index (χ3v) is 8.67. The average molecular weight is 551 g/mol. The van der Waals surface area contributed by atoms with Crippen LogP contribution in [0, 0.1) is 5.92 Å². The van der Waals surface area contributed by atoms with E-state index in [0.29, 0.717) is 11.1 Å². The van der Waals surface area contributed by atoms with Crippen molar-refractivity contribution in [3.05, 3.63) is 156 Å². The summed E-state index contributed by atoms with van der Waals surface area (Å²) in [5, 5.41) is 4.03. The number of hydrogen-bond acceptors (Lipinski definition) is 4. The van der Waals surface area contributed by atoms with Gasteiger partial charge in [-0.1, -0.05) is 116 Å². The Morgan fingerprint density at radius 1 is 0.548 bits per heavy atom. The molecule has 4 atom stereocenters. The molecule has 0 spiro atoms. The van der Waals surface area contributed by atoms with Gasteiger partial charge in [-0.15, -0.1) is 0 Å². The number of benzene rings is 5. The molecule has 0 saturated carbocycles. The largest absolute Gasteiger partial charge is 0.454 e. The number of ether oxygens (including phenoxy) is 2. The number of fused-ring (bicyclic) bond motifs is 3. The second-order valence-electron chi connectivity index (χ2n) is 11.2. The molecule has 0 radical (unpaired) electrons. The maximum absolute atomic E-state index is 13.8. The highest BCUT2D eigenvalue weighted by Crippen LogP contribution is 2.47. The van der Waals surface area contributed by atoms with Crippen LogP contribution in [0.1, 0.15) is 50.6 Å². The molecule has 0 N–H and O–H groups in total. The van der Waals surface area contributed by atoms with Crippen molar-refractivity contribution >= 4 is 33.5 Å². The molecule has 2 unspecified atom stereocenters. The molecule has 4 nitrogen and oxygen atoms in total. The van der Waals surface area contributed by atoms with Crippen LogP contribution in [-0.4, -0.2) is 24.1 Å². The van der Waals surface area contributed by atoms with Gasteiger partial charge < -0.3 is 9.47 Å². The van der Waals surface area contributed by atoms with Crippen molar-refractivity contribution in [3.8, 4) is 0 Å². The summed E-state index contributed by atoms with van der Waals surface area (Å²) in [4.78, 5) is 27.5. The lowest BCUT2D eigenvalue weighted by Gasteiger charge is -2.43. The molecule has 2 aliphatic rings. The van der Waals surface area contributed by atoms with Crippen LogP contribution in [0.5, 0.6) is 0 Å². The van der Waals surface area contributed by atoms with Crippen molar-refractivity contribution in [1.82, 2.24) is 0 Å². The first-order chi connectivity index (χ1) is 20.6. The van der Waals surface area contributed by atoms with Gasteiger partial charge >= 0.3 is 11.9 Å². The zero-order valence-corrected chi connectivity index (χ0v) is 23.2. The van der Waals surface area contributed by atoms with Gasteiger partial charge in [-0.05, 0) is 56.9 Å². The van der Waals surface area contributed by atoms with Crippen molar-refractivity contribution in [1.29, 1.82) is 0 Å². The highest BCUT2D eigenvalue weighted by atomic mass is 16.6. The fourth-order valence-corrected chi connectivity index (χ4v) is 6.51. The predicted octanol–water partition coefficient (Wildman–Crippen LogP) is 8.39. The highest BCUT2D eigenvalue weighted by Gasteiger charge is 2.48. The number of carbonyl (C=O) groups is 2. The van der Waals surface area contributed by atoms with E-state index in [1.165, 1.54) is 0 Å². The van der Waals surface area contributed by atoms with Crippen molar-refractivity contribution in [2.45, 2.75) is 31.0 Å². The average Bonchev–Trinajstić information content (AvgIpc) is 3.57. The number of allylic oxidation sites excluding steroid dienone is 4. The molecular weight excluding hydrogens is 520 g/mol. The number of hydrogen-bond donors (Lipinski definition) is 0. The smallest absolute Gasteiger partial charge is 0.338 e. The monoisotopic (exact) mass is 550 g/mol. The highest BCUT2D eigenvalue weighted by molar-refractivity contribution is 5.96. The van der Waals surface area contributed by atoms with Crippen molar-refractivity contribution in [2.24, 2.45) is 5.92 Å². The molecule has 5 aromatic carbocycles. The molecule has 0 aromatic heterocycles. The maximum Gasteiger partial charge on any atom is 0.338 e. The van der Waals surface area contributed by atoms with Crippen LogP contribution in [0.3, 0.4) is 0 Å². The lowest BCUT2D eigenvalue weighted by Crippen LogP contribution is -2.47. The van der Waals surface area contributed by atoms with E-state index in [9.17, 15) is 9.59 Å². The van der Waals surface area contributed by atoms with E-state index in [4.69, 9.17) is 9.47 Å². The van der Waals surface area contributed by atoms with Gasteiger partial charge in [0, 0.05) is 17.8 Å². The minimum absolute atomic E-state index is 0.00470. The Hall–Kier alpha value is -4.96. The molecule has 0 amide bonds. The van der Waals surface area contributed by atoms with Gasteiger partial charge in [-0.2, -0.15) is 0 Å². The molecule has 7 rings (SSSR count). The van der Waals surface area contributed by atoms with Gasteiger partial charge in [0.2, 0.25) is 0 Å². The molecular formula is C38H30O4. The Kier molecular flexibility index (Phi) is 6.67. The topological polar surface area (TPSA) is 52.6 Å². The minimum atomic E-state index is -0.698. The summed E-state index contributed by atoms with van der Waals surface area (Å²) in [5.41, 5.74) is 3.15. The molecule has 5 aromatic rings. The Morgan fingerprint density at radius 3 is 1.60 bits per heavy atom. The molecule has 0 aliphatic heterocycles. The van der Waals surface area contributed by atoms with Gasteiger partial charge in [-0.25, -0.2) is 9.59 Å². The molecule has 0 saturated heterocycles. The first-order valence-electron chi connectivity index (χ1n) is 14.4. The summed E-state index contributed by atoms with van der Waals surface area (Å²) < 4.78 is 12.8. The van der Waals surface area contributed by atoms with Crippen LogP contribution < -0.4 is 0 Å². The molecule has 0 fully saturated rings. The van der Waals surface area contributed by atoms with E-state index in [1.54, 1.807) is 12.1 Å². The van der Waals surface area contributed by atoms with Gasteiger partial charge in [0.15, 0.2) is 0 Å². The van der Waals surface area contributed by atoms with Crippen LogP contribution in [0.4, 0.5) is 0 Å². The summed E-state index contributed by atoms with van der Waals surface area (Å²) in [6, 6.07) is 35.2. The third-order valence-electron chi connectivity index (χ3n) is 8.67. The second kappa shape index (κ2) is 10.8. The Bertz CT molecular complexity index is 1870. The third kappa shape index (κ3) is 4.69. The number of esters is 2. The molecule has 0 bridgehead atoms. The summed E-state index contributed by atoms with van der Waals surface area (Å²) in [5.74, 6) is -1.27. The SMILES string of the molecule is C[C@H]1c2ccccc2[C@H](C2C=CC=C2)C(OC(=O)c2ccc3ccccc3c2)C1OC(=O)c1ccc2ccccc2c1. The number of carbonyl (C=O) groups excluding carboxylic acids is 2. The molecule has 206 valence electrons. The molecule has 42 heavy (non-hydrogen) atoms. The van der Waals surface area contributed by atoms with E-state index in [0.717, 1.165) is 32.7 Å². The lowest BCUT2D eigenvalue weighted by atomic mass is 9.69. The molecule has 0 heterocycles. The standard InChI is InChI=1S/C38H30O4/c1-24-32-16-8-9-17-33(32)34(27-12-4-5-13-27)36(42-38(40)31-21-19-26-11-3-7-15-29(26)23-31)35(24)41-37(39)30-20-18-25-10-2-6-14-28(25)22-30/h2-24,27,34-36H,1H3/t24-,34-,35?,36?/m0/s1. The first kappa shape index (κ1) is 26.0. The zero-order chi connectivity index (χ0) is 28.6. The fraction of sp³-hybridized carbons (Fsp3) is 0.158. The van der Waals surface area contributed by atoms with Crippen LogP contribution >= 0.6 is 0 Å². The Morgan fingerprint density at radius 2 is 1.02 bits per heavy atom. The van der Waals surface area contributed by atoms with Crippen molar-refractivity contribution < 1.29 is 19.1 Å². The quantitative estimate of drug-likeness (QED) is 0.206. The minimum Gasteiger partial charge on any atom is -0.454 e. The van der Waals surface area contributed by atoms with Gasteiger partial charge in [-0.3, -0.25) is 0 Å². The van der Waals surface area contributed by atoms with E-state index in [2.05, 4.69) is 24.3 Å². The summed E-state index contributed by atoms with van der Waals surface area (Å²) in [7, 11) is 0. The van der Waals surface area contributed by atoms with Gasteiger partial charge in [0.25, 0.3) is 0 Å². The van der Waals surface area contributed by atoms with Crippen molar-refractivity contribution in [3.63, 3.8) is 0 Å². The second-order valence-corrected chi connectivity index (χ2v) is 11.2. The summed E-state index contributed by atoms with van der Waals surface area (Å²) in [6.45, 7) is 2.05. The molecule has 2 aliphatic carbocycles. The van der Waals surface area contributed by atoms with Gasteiger partial charge in [0.05, 0.1) is 11.1 Å². The van der Waals surface area contributed by atoms with Crippen LogP contribution in [0.25, 0.3) is 21.5 Å². The zero-order valence-electron chi connectivity index (χ0n) is 23.2. The lowest BCUT2D eigenvalue weighted by molar-refractivity contribution is -0.0603. The first-order valence-corrected chi connectivity index (χ1v) is 14.4. The Balaban J connectivity index is 1.28. The van der Waals surface area contributed by atoms with E-state index >= 15 is 0 Å². The molecule has 4 heteroatoms. The summed E-state index contributed by atoms with van der Waals surface area (Å²) >= 11 is 0.